The van der Waals surface area contributed by atoms with E-state index in [1.54, 1.807) is 0 Å². The first-order valence-corrected chi connectivity index (χ1v) is 20.3. The number of fused-ring (bicyclic) bond motifs is 14. The van der Waals surface area contributed by atoms with Crippen molar-refractivity contribution in [1.82, 2.24) is 4.40 Å². The molecule has 0 fully saturated rings. The molecule has 57 heavy (non-hydrogen) atoms. The van der Waals surface area contributed by atoms with Crippen LogP contribution in [0.25, 0.3) is 104 Å². The summed E-state index contributed by atoms with van der Waals surface area (Å²) in [5.74, 6) is 0. The summed E-state index contributed by atoms with van der Waals surface area (Å²) in [5, 5.41) is 10.5. The van der Waals surface area contributed by atoms with Crippen molar-refractivity contribution in [1.29, 1.82) is 0 Å². The van der Waals surface area contributed by atoms with Crippen LogP contribution in [-0.4, -0.2) is 4.40 Å². The number of hydrogen-bond donors (Lipinski definition) is 0. The predicted octanol–water partition coefficient (Wildman–Crippen LogP) is 15.1. The molecule has 0 unspecified atom stereocenters. The number of benzene rings is 9. The third kappa shape index (κ3) is 3.94. The molecule has 1 nitrogen and oxygen atoms in total. The summed E-state index contributed by atoms with van der Waals surface area (Å²) in [4.78, 5) is 0. The summed E-state index contributed by atoms with van der Waals surface area (Å²) in [6, 6.07) is 62.4. The van der Waals surface area contributed by atoms with Gasteiger partial charge in [-0.05, 0) is 137 Å². The van der Waals surface area contributed by atoms with Crippen LogP contribution in [0.15, 0.2) is 164 Å². The van der Waals surface area contributed by atoms with Gasteiger partial charge in [0.25, 0.3) is 0 Å². The lowest BCUT2D eigenvalue weighted by molar-refractivity contribution is 0.661. The maximum atomic E-state index is 2.54. The monoisotopic (exact) mass is 725 g/mol. The van der Waals surface area contributed by atoms with Crippen LogP contribution in [0.3, 0.4) is 0 Å². The molecule has 0 amide bonds. The Morgan fingerprint density at radius 1 is 0.333 bits per heavy atom. The van der Waals surface area contributed by atoms with Gasteiger partial charge in [-0.15, -0.1) is 0 Å². The van der Waals surface area contributed by atoms with E-state index in [4.69, 9.17) is 0 Å². The summed E-state index contributed by atoms with van der Waals surface area (Å²) in [6.45, 7) is 9.52. The van der Waals surface area contributed by atoms with E-state index in [0.29, 0.717) is 0 Å². The molecule has 0 spiro atoms. The zero-order valence-corrected chi connectivity index (χ0v) is 32.5. The largest absolute Gasteiger partial charge is 0.308 e. The number of aromatic nitrogens is 1. The summed E-state index contributed by atoms with van der Waals surface area (Å²) < 4.78 is 2.54. The van der Waals surface area contributed by atoms with Crippen LogP contribution in [0.2, 0.25) is 0 Å². The van der Waals surface area contributed by atoms with Crippen molar-refractivity contribution in [3.05, 3.63) is 186 Å². The molecule has 268 valence electrons. The van der Waals surface area contributed by atoms with Crippen molar-refractivity contribution < 1.29 is 0 Å². The van der Waals surface area contributed by atoms with E-state index in [2.05, 4.69) is 196 Å². The number of nitrogens with zero attached hydrogens (tertiary/aromatic N) is 1. The van der Waals surface area contributed by atoms with E-state index in [0.717, 1.165) is 0 Å². The zero-order chi connectivity index (χ0) is 37.9. The molecule has 1 heteroatoms. The van der Waals surface area contributed by atoms with Crippen molar-refractivity contribution in [3.8, 4) is 44.5 Å². The van der Waals surface area contributed by atoms with Crippen LogP contribution in [0.4, 0.5) is 0 Å². The molecule has 0 N–H and O–H groups in total. The molecule has 13 rings (SSSR count). The van der Waals surface area contributed by atoms with E-state index in [1.807, 2.05) is 0 Å². The summed E-state index contributed by atoms with van der Waals surface area (Å²) in [6.07, 6.45) is 0. The first kappa shape index (κ1) is 31.5. The number of hydrogen-bond acceptors (Lipinski definition) is 0. The first-order chi connectivity index (χ1) is 27.8. The second-order valence-corrected chi connectivity index (χ2v) is 17.7. The summed E-state index contributed by atoms with van der Waals surface area (Å²) in [5.41, 5.74) is 19.9. The number of rotatable bonds is 2. The topological polar surface area (TPSA) is 4.41 Å². The fourth-order valence-corrected chi connectivity index (χ4v) is 11.3. The van der Waals surface area contributed by atoms with Gasteiger partial charge in [-0.25, -0.2) is 0 Å². The Bertz CT molecular complexity index is 3340. The van der Waals surface area contributed by atoms with Crippen molar-refractivity contribution in [2.75, 3.05) is 0 Å². The molecule has 0 radical (unpaired) electrons. The van der Waals surface area contributed by atoms with Gasteiger partial charge in [-0.2, -0.15) is 0 Å². The second-order valence-electron chi connectivity index (χ2n) is 17.7. The molecule has 11 aromatic rings. The lowest BCUT2D eigenvalue weighted by atomic mass is 9.81. The Balaban J connectivity index is 1.01. The van der Waals surface area contributed by atoms with Crippen LogP contribution in [0, 0.1) is 0 Å². The van der Waals surface area contributed by atoms with Crippen LogP contribution in [0.5, 0.6) is 0 Å². The Kier molecular flexibility index (Phi) is 5.84. The van der Waals surface area contributed by atoms with Crippen LogP contribution in [-0.2, 0) is 10.8 Å². The molecule has 2 aromatic heterocycles. The average molecular weight is 726 g/mol. The highest BCUT2D eigenvalue weighted by Crippen LogP contribution is 2.54. The van der Waals surface area contributed by atoms with Crippen LogP contribution >= 0.6 is 0 Å². The lowest BCUT2D eigenvalue weighted by Gasteiger charge is -2.22. The fraction of sp³-hybridized carbons (Fsp3) is 0.107. The first-order valence-electron chi connectivity index (χ1n) is 20.3. The Morgan fingerprint density at radius 2 is 0.737 bits per heavy atom. The van der Waals surface area contributed by atoms with Gasteiger partial charge < -0.3 is 4.40 Å². The normalized spacial score (nSPS) is 14.9. The van der Waals surface area contributed by atoms with Gasteiger partial charge in [-0.3, -0.25) is 0 Å². The maximum Gasteiger partial charge on any atom is 0.0620 e. The van der Waals surface area contributed by atoms with Crippen molar-refractivity contribution in [2.24, 2.45) is 0 Å². The third-order valence-corrected chi connectivity index (χ3v) is 14.1. The summed E-state index contributed by atoms with van der Waals surface area (Å²) >= 11 is 0. The van der Waals surface area contributed by atoms with E-state index in [-0.39, 0.29) is 10.8 Å². The smallest absolute Gasteiger partial charge is 0.0620 e. The molecule has 0 saturated heterocycles. The van der Waals surface area contributed by atoms with Gasteiger partial charge in [0.05, 0.1) is 16.6 Å². The summed E-state index contributed by atoms with van der Waals surface area (Å²) in [7, 11) is 0. The van der Waals surface area contributed by atoms with Crippen molar-refractivity contribution in [2.45, 2.75) is 38.5 Å². The van der Waals surface area contributed by atoms with Gasteiger partial charge in [0, 0.05) is 32.4 Å². The fourth-order valence-electron chi connectivity index (χ4n) is 11.3. The van der Waals surface area contributed by atoms with Crippen molar-refractivity contribution in [3.63, 3.8) is 0 Å². The van der Waals surface area contributed by atoms with Gasteiger partial charge in [0.15, 0.2) is 0 Å². The maximum absolute atomic E-state index is 2.54. The van der Waals surface area contributed by atoms with Crippen LogP contribution < -0.4 is 0 Å². The predicted molar refractivity (Wildman–Crippen MR) is 242 cm³/mol. The van der Waals surface area contributed by atoms with Gasteiger partial charge in [0.2, 0.25) is 0 Å². The average Bonchev–Trinajstić information content (AvgIpc) is 3.90. The quantitative estimate of drug-likeness (QED) is 0.167. The highest BCUT2D eigenvalue weighted by Gasteiger charge is 2.37. The Labute approximate surface area is 331 Å². The third-order valence-electron chi connectivity index (χ3n) is 14.1. The van der Waals surface area contributed by atoms with E-state index >= 15 is 0 Å². The zero-order valence-electron chi connectivity index (χ0n) is 32.5. The lowest BCUT2D eigenvalue weighted by Crippen LogP contribution is -2.14. The molecule has 9 aromatic carbocycles. The van der Waals surface area contributed by atoms with Gasteiger partial charge in [-0.1, -0.05) is 143 Å². The molecule has 2 heterocycles. The minimum atomic E-state index is -0.0563. The van der Waals surface area contributed by atoms with Crippen molar-refractivity contribution >= 4 is 59.6 Å². The molecule has 0 bridgehead atoms. The Hall–Kier alpha value is -6.70. The standard InChI is InChI=1S/C56H39N/c1-55(2)46-24-22-36(28-42(46)44-26-32-12-5-7-14-34(32)30-48(44)55)38-16-10-20-50-52(38)40-18-9-19-41-53-39(17-11-21-51(53)57(50)54(40)41)37-23-25-47-43(29-37)45-27-33-13-6-8-15-35(33)31-49(45)56(47,3)4/h5-31H,1-4H3. The molecule has 0 aliphatic heterocycles. The molecule has 2 aliphatic carbocycles. The molecule has 0 atom stereocenters. The van der Waals surface area contributed by atoms with E-state index in [9.17, 15) is 0 Å². The molecule has 0 saturated carbocycles. The van der Waals surface area contributed by atoms with Crippen LogP contribution in [0.1, 0.15) is 49.9 Å². The minimum Gasteiger partial charge on any atom is -0.308 e. The second kappa shape index (κ2) is 10.6. The van der Waals surface area contributed by atoms with Gasteiger partial charge >= 0.3 is 0 Å². The molecular formula is C56H39N. The SMILES string of the molecule is CC1(C)c2ccc(-c3cccc4c3c3cccc5c6c(-c7ccc8c(c7)-c7cc9ccccc9cc7C8(C)C)cccc6n4c35)cc2-c2cc3ccccc3cc21. The molecule has 2 aliphatic rings. The minimum absolute atomic E-state index is 0.0563. The Morgan fingerprint density at radius 3 is 1.19 bits per heavy atom. The van der Waals surface area contributed by atoms with E-state index < -0.39 is 0 Å². The van der Waals surface area contributed by atoms with Gasteiger partial charge in [0.1, 0.15) is 0 Å². The molecular weight excluding hydrogens is 687 g/mol. The highest BCUT2D eigenvalue weighted by molar-refractivity contribution is 6.28. The highest BCUT2D eigenvalue weighted by atomic mass is 14.9. The number of para-hydroxylation sites is 1. The van der Waals surface area contributed by atoms with E-state index in [1.165, 1.54) is 126 Å².